The molecule has 0 unspecified atom stereocenters. The summed E-state index contributed by atoms with van der Waals surface area (Å²) in [6, 6.07) is 0. The van der Waals surface area contributed by atoms with Crippen molar-refractivity contribution < 1.29 is 9.90 Å². The van der Waals surface area contributed by atoms with E-state index in [-0.39, 0.29) is 0 Å². The summed E-state index contributed by atoms with van der Waals surface area (Å²) in [7, 11) is 0. The summed E-state index contributed by atoms with van der Waals surface area (Å²) in [5.74, 6) is -0.827. The molecule has 5 nitrogen and oxygen atoms in total. The number of aromatic amines is 1. The Kier molecular flexibility index (Phi) is 14.5. The van der Waals surface area contributed by atoms with Crippen LogP contribution in [0.1, 0.15) is 33.6 Å². The highest BCUT2D eigenvalue weighted by atomic mass is 16.4. The van der Waals surface area contributed by atoms with Gasteiger partial charge in [0.2, 0.25) is 0 Å². The van der Waals surface area contributed by atoms with Gasteiger partial charge in [-0.1, -0.05) is 26.0 Å². The highest BCUT2D eigenvalue weighted by Gasteiger charge is 1.94. The number of nitrogens with zero attached hydrogens (tertiary/aromatic N) is 2. The van der Waals surface area contributed by atoms with Crippen molar-refractivity contribution in [2.75, 3.05) is 0 Å². The molecule has 0 aromatic carbocycles. The Hall–Kier alpha value is -1.91. The molecule has 0 atom stereocenters. The molecule has 0 saturated carbocycles. The van der Waals surface area contributed by atoms with Gasteiger partial charge in [0, 0.05) is 5.57 Å². The quantitative estimate of drug-likeness (QED) is 0.628. The van der Waals surface area contributed by atoms with Gasteiger partial charge in [0.15, 0.2) is 0 Å². The van der Waals surface area contributed by atoms with Crippen LogP contribution in [-0.4, -0.2) is 26.5 Å². The fourth-order valence-corrected chi connectivity index (χ4v) is 0.560. The average molecular weight is 239 g/mol. The largest absolute Gasteiger partial charge is 0.478 e. The third-order valence-electron chi connectivity index (χ3n) is 1.47. The fraction of sp³-hybridized carbons (Fsp3) is 0.417. The van der Waals surface area contributed by atoms with Crippen LogP contribution >= 0.6 is 0 Å². The van der Waals surface area contributed by atoms with E-state index >= 15 is 0 Å². The van der Waals surface area contributed by atoms with Crippen LogP contribution in [0.4, 0.5) is 0 Å². The van der Waals surface area contributed by atoms with Crippen LogP contribution < -0.4 is 0 Å². The van der Waals surface area contributed by atoms with Crippen molar-refractivity contribution in [2.45, 2.75) is 33.6 Å². The maximum Gasteiger partial charge on any atom is 0.330 e. The fourth-order valence-electron chi connectivity index (χ4n) is 0.560. The van der Waals surface area contributed by atoms with E-state index in [4.69, 9.17) is 5.11 Å². The Labute approximate surface area is 102 Å². The SMILES string of the molecule is C=CCC.CC/C=C(\C)C(=O)O.c1cn[nH]n1. The Balaban J connectivity index is 0. The lowest BCUT2D eigenvalue weighted by Gasteiger charge is -1.87. The monoisotopic (exact) mass is 239 g/mol. The van der Waals surface area contributed by atoms with Crippen LogP contribution in [0.2, 0.25) is 0 Å². The topological polar surface area (TPSA) is 78.9 Å². The summed E-state index contributed by atoms with van der Waals surface area (Å²) in [5.41, 5.74) is 0.424. The Morgan fingerprint density at radius 2 is 1.82 bits per heavy atom. The first kappa shape index (κ1) is 17.5. The van der Waals surface area contributed by atoms with Gasteiger partial charge in [-0.3, -0.25) is 0 Å². The highest BCUT2D eigenvalue weighted by Crippen LogP contribution is 1.92. The smallest absolute Gasteiger partial charge is 0.330 e. The maximum atomic E-state index is 10.0. The third kappa shape index (κ3) is 16.7. The summed E-state index contributed by atoms with van der Waals surface area (Å²) in [6.45, 7) is 9.04. The molecule has 0 saturated heterocycles. The molecule has 0 spiro atoms. The summed E-state index contributed by atoms with van der Waals surface area (Å²) < 4.78 is 0. The van der Waals surface area contributed by atoms with E-state index in [1.54, 1.807) is 25.4 Å². The number of hydrogen-bond acceptors (Lipinski definition) is 3. The number of carboxylic acids is 1. The highest BCUT2D eigenvalue weighted by molar-refractivity contribution is 5.85. The molecule has 1 heterocycles. The summed E-state index contributed by atoms with van der Waals surface area (Å²) >= 11 is 0. The minimum Gasteiger partial charge on any atom is -0.478 e. The first-order valence-electron chi connectivity index (χ1n) is 5.40. The van der Waals surface area contributed by atoms with E-state index in [0.717, 1.165) is 12.8 Å². The zero-order valence-corrected chi connectivity index (χ0v) is 10.7. The average Bonchev–Trinajstić information content (AvgIpc) is 2.88. The number of hydrogen-bond donors (Lipinski definition) is 2. The molecule has 0 radical (unpaired) electrons. The number of allylic oxidation sites excluding steroid dienone is 2. The van der Waals surface area contributed by atoms with E-state index in [2.05, 4.69) is 28.9 Å². The van der Waals surface area contributed by atoms with Crippen LogP contribution in [0.15, 0.2) is 36.7 Å². The van der Waals surface area contributed by atoms with Gasteiger partial charge < -0.3 is 5.11 Å². The van der Waals surface area contributed by atoms with Crippen LogP contribution in [0.25, 0.3) is 0 Å². The van der Waals surface area contributed by atoms with Gasteiger partial charge in [0.25, 0.3) is 0 Å². The Morgan fingerprint density at radius 1 is 1.35 bits per heavy atom. The van der Waals surface area contributed by atoms with Crippen molar-refractivity contribution in [3.63, 3.8) is 0 Å². The van der Waals surface area contributed by atoms with Crippen molar-refractivity contribution in [3.8, 4) is 0 Å². The number of nitrogens with one attached hydrogen (secondary N) is 1. The standard InChI is InChI=1S/C6H10O2.C4H8.C2H3N3/c1-3-4-5(2)6(7)8;1-3-4-2;1-2-4-5-3-1/h4H,3H2,1-2H3,(H,7,8);3H,1,4H2,2H3;1-2H,(H,3,4,5)/b5-4+;;. The second-order valence-electron chi connectivity index (χ2n) is 2.95. The normalized spacial score (nSPS) is 9.24. The van der Waals surface area contributed by atoms with E-state index in [0.29, 0.717) is 5.57 Å². The van der Waals surface area contributed by atoms with Gasteiger partial charge in [0.1, 0.15) is 0 Å². The van der Waals surface area contributed by atoms with Crippen molar-refractivity contribution in [2.24, 2.45) is 0 Å². The second-order valence-corrected chi connectivity index (χ2v) is 2.95. The molecule has 0 aliphatic rings. The molecular formula is C12H21N3O2. The molecule has 0 fully saturated rings. The molecule has 0 bridgehead atoms. The lowest BCUT2D eigenvalue weighted by atomic mass is 10.2. The first-order valence-corrected chi connectivity index (χ1v) is 5.40. The molecule has 5 heteroatoms. The second kappa shape index (κ2) is 14.1. The minimum atomic E-state index is -0.827. The molecule has 1 aromatic rings. The summed E-state index contributed by atoms with van der Waals surface area (Å²) in [6.07, 6.45) is 8.60. The maximum absolute atomic E-state index is 10.0. The zero-order chi connectivity index (χ0) is 13.5. The van der Waals surface area contributed by atoms with E-state index in [1.165, 1.54) is 0 Å². The number of carbonyl (C=O) groups is 1. The van der Waals surface area contributed by atoms with Crippen molar-refractivity contribution in [1.29, 1.82) is 0 Å². The molecular weight excluding hydrogens is 218 g/mol. The van der Waals surface area contributed by atoms with Gasteiger partial charge in [-0.15, -0.1) is 6.58 Å². The van der Waals surface area contributed by atoms with E-state index < -0.39 is 5.97 Å². The molecule has 1 rings (SSSR count). The van der Waals surface area contributed by atoms with Crippen LogP contribution in [-0.2, 0) is 4.79 Å². The van der Waals surface area contributed by atoms with Crippen LogP contribution in [0, 0.1) is 0 Å². The number of aromatic nitrogens is 3. The van der Waals surface area contributed by atoms with Gasteiger partial charge in [-0.05, 0) is 19.8 Å². The molecule has 96 valence electrons. The molecule has 17 heavy (non-hydrogen) atoms. The molecule has 2 N–H and O–H groups in total. The van der Waals surface area contributed by atoms with Crippen LogP contribution in [0.5, 0.6) is 0 Å². The zero-order valence-electron chi connectivity index (χ0n) is 10.7. The number of H-pyrrole nitrogens is 1. The molecule has 0 aliphatic carbocycles. The van der Waals surface area contributed by atoms with Crippen molar-refractivity contribution >= 4 is 5.97 Å². The molecule has 0 aliphatic heterocycles. The van der Waals surface area contributed by atoms with Gasteiger partial charge >= 0.3 is 5.97 Å². The van der Waals surface area contributed by atoms with Gasteiger partial charge in [-0.25, -0.2) is 4.79 Å². The predicted molar refractivity (Wildman–Crippen MR) is 68.6 cm³/mol. The lowest BCUT2D eigenvalue weighted by Crippen LogP contribution is -1.94. The Morgan fingerprint density at radius 3 is 1.94 bits per heavy atom. The van der Waals surface area contributed by atoms with E-state index in [1.807, 2.05) is 13.0 Å². The minimum absolute atomic E-state index is 0.424. The van der Waals surface area contributed by atoms with Gasteiger partial charge in [0.05, 0.1) is 12.4 Å². The number of carboxylic acid groups (broad SMARTS) is 1. The van der Waals surface area contributed by atoms with E-state index in [9.17, 15) is 4.79 Å². The molecule has 1 aromatic heterocycles. The van der Waals surface area contributed by atoms with Crippen LogP contribution in [0.3, 0.4) is 0 Å². The van der Waals surface area contributed by atoms with Crippen molar-refractivity contribution in [3.05, 3.63) is 36.7 Å². The first-order chi connectivity index (χ1) is 8.09. The lowest BCUT2D eigenvalue weighted by molar-refractivity contribution is -0.132. The Bertz CT molecular complexity index is 288. The molecule has 0 amide bonds. The summed E-state index contributed by atoms with van der Waals surface area (Å²) in [5, 5.41) is 17.6. The number of aliphatic carboxylic acids is 1. The predicted octanol–water partition coefficient (Wildman–Crippen LogP) is 2.81. The van der Waals surface area contributed by atoms with Crippen molar-refractivity contribution in [1.82, 2.24) is 15.4 Å². The third-order valence-corrected chi connectivity index (χ3v) is 1.47. The van der Waals surface area contributed by atoms with Gasteiger partial charge in [-0.2, -0.15) is 15.4 Å². The number of rotatable bonds is 3. The summed E-state index contributed by atoms with van der Waals surface area (Å²) in [4.78, 5) is 10.0.